The van der Waals surface area contributed by atoms with Gasteiger partial charge in [0.05, 0.1) is 9.90 Å². The van der Waals surface area contributed by atoms with Crippen molar-refractivity contribution in [3.63, 3.8) is 0 Å². The second kappa shape index (κ2) is 7.61. The molecule has 3 aromatic rings. The van der Waals surface area contributed by atoms with Crippen LogP contribution < -0.4 is 5.32 Å². The van der Waals surface area contributed by atoms with Gasteiger partial charge in [-0.15, -0.1) is 11.3 Å². The zero-order valence-corrected chi connectivity index (χ0v) is 15.8. The number of hydrogen-bond acceptors (Lipinski definition) is 4. The van der Waals surface area contributed by atoms with Gasteiger partial charge >= 0.3 is 0 Å². The summed E-state index contributed by atoms with van der Waals surface area (Å²) in [5, 5.41) is 3.60. The Bertz CT molecular complexity index is 862. The van der Waals surface area contributed by atoms with Gasteiger partial charge in [0, 0.05) is 12.7 Å². The van der Waals surface area contributed by atoms with Gasteiger partial charge in [-0.3, -0.25) is 4.79 Å². The smallest absolute Gasteiger partial charge is 0.259 e. The van der Waals surface area contributed by atoms with Gasteiger partial charge in [0.15, 0.2) is 11.0 Å². The van der Waals surface area contributed by atoms with Crippen LogP contribution in [0, 0.1) is 0 Å². The number of imidazole rings is 1. The molecule has 0 saturated heterocycles. The van der Waals surface area contributed by atoms with E-state index in [1.165, 1.54) is 11.8 Å². The minimum Gasteiger partial charge on any atom is -0.319 e. The Labute approximate surface area is 157 Å². The Morgan fingerprint density at radius 2 is 2.08 bits per heavy atom. The predicted octanol–water partition coefficient (Wildman–Crippen LogP) is 5.27. The number of carbonyl (C=O) groups is 1. The van der Waals surface area contributed by atoms with Crippen molar-refractivity contribution >= 4 is 58.0 Å². The SMILES string of the molecule is CSc1nc(NC(=O)c2cc(Cl)sc2Cl)cn1Cc1ccccc1. The van der Waals surface area contributed by atoms with Gasteiger partial charge in [-0.25, -0.2) is 4.98 Å². The molecule has 0 unspecified atom stereocenters. The Morgan fingerprint density at radius 1 is 1.33 bits per heavy atom. The standard InChI is InChI=1S/C16H13Cl2N3OS2/c1-23-16-20-13(9-21(16)8-10-5-3-2-4-6-10)19-15(22)11-7-12(17)24-14(11)18/h2-7,9H,8H2,1H3,(H,19,22). The molecule has 0 aliphatic carbocycles. The number of anilines is 1. The Kier molecular flexibility index (Phi) is 5.50. The molecule has 124 valence electrons. The molecule has 0 spiro atoms. The molecule has 0 aliphatic rings. The number of rotatable bonds is 5. The maximum Gasteiger partial charge on any atom is 0.259 e. The lowest BCUT2D eigenvalue weighted by molar-refractivity contribution is 0.102. The van der Waals surface area contributed by atoms with E-state index in [0.29, 0.717) is 26.6 Å². The summed E-state index contributed by atoms with van der Waals surface area (Å²) in [6.45, 7) is 0.685. The zero-order valence-electron chi connectivity index (χ0n) is 12.6. The highest BCUT2D eigenvalue weighted by Crippen LogP contribution is 2.31. The quantitative estimate of drug-likeness (QED) is 0.596. The average molecular weight is 398 g/mol. The molecule has 2 aromatic heterocycles. The highest BCUT2D eigenvalue weighted by molar-refractivity contribution is 7.98. The van der Waals surface area contributed by atoms with Gasteiger partial charge in [-0.1, -0.05) is 65.3 Å². The van der Waals surface area contributed by atoms with E-state index < -0.39 is 0 Å². The summed E-state index contributed by atoms with van der Waals surface area (Å²) in [5.74, 6) is 0.166. The van der Waals surface area contributed by atoms with E-state index in [1.54, 1.807) is 6.07 Å². The number of nitrogens with zero attached hydrogens (tertiary/aromatic N) is 2. The topological polar surface area (TPSA) is 46.9 Å². The maximum atomic E-state index is 12.3. The summed E-state index contributed by atoms with van der Waals surface area (Å²) < 4.78 is 2.84. The maximum absolute atomic E-state index is 12.3. The van der Waals surface area contributed by atoms with Crippen LogP contribution in [0.15, 0.2) is 47.8 Å². The lowest BCUT2D eigenvalue weighted by atomic mass is 10.2. The van der Waals surface area contributed by atoms with Gasteiger partial charge in [0.1, 0.15) is 4.34 Å². The average Bonchev–Trinajstić information content (AvgIpc) is 3.10. The van der Waals surface area contributed by atoms with Crippen LogP contribution in [0.25, 0.3) is 0 Å². The Balaban J connectivity index is 1.79. The van der Waals surface area contributed by atoms with Crippen molar-refractivity contribution < 1.29 is 4.79 Å². The fraction of sp³-hybridized carbons (Fsp3) is 0.125. The molecule has 1 amide bonds. The van der Waals surface area contributed by atoms with Gasteiger partial charge in [0.25, 0.3) is 5.91 Å². The third-order valence-electron chi connectivity index (χ3n) is 3.26. The first-order valence-electron chi connectivity index (χ1n) is 6.98. The number of halogens is 2. The van der Waals surface area contributed by atoms with Crippen LogP contribution in [0.2, 0.25) is 8.67 Å². The molecule has 24 heavy (non-hydrogen) atoms. The highest BCUT2D eigenvalue weighted by Gasteiger charge is 2.16. The van der Waals surface area contributed by atoms with Crippen molar-refractivity contribution in [1.82, 2.24) is 9.55 Å². The summed E-state index contributed by atoms with van der Waals surface area (Å²) >= 11 is 14.6. The first-order chi connectivity index (χ1) is 11.6. The number of hydrogen-bond donors (Lipinski definition) is 1. The Morgan fingerprint density at radius 3 is 2.71 bits per heavy atom. The lowest BCUT2D eigenvalue weighted by Gasteiger charge is -2.05. The van der Waals surface area contributed by atoms with Crippen molar-refractivity contribution in [2.45, 2.75) is 11.7 Å². The molecule has 3 rings (SSSR count). The Hall–Kier alpha value is -1.47. The molecule has 1 N–H and O–H groups in total. The first kappa shape index (κ1) is 17.4. The highest BCUT2D eigenvalue weighted by atomic mass is 35.5. The van der Waals surface area contributed by atoms with Crippen molar-refractivity contribution in [2.24, 2.45) is 0 Å². The third-order valence-corrected chi connectivity index (χ3v) is 5.44. The molecule has 0 atom stereocenters. The number of carbonyl (C=O) groups excluding carboxylic acids is 1. The molecule has 0 saturated carbocycles. The van der Waals surface area contributed by atoms with Crippen LogP contribution in [0.5, 0.6) is 0 Å². The van der Waals surface area contributed by atoms with E-state index in [1.807, 2.05) is 35.2 Å². The molecule has 4 nitrogen and oxygen atoms in total. The minimum absolute atomic E-state index is 0.319. The number of thiophene rings is 1. The molecule has 0 radical (unpaired) electrons. The van der Waals surface area contributed by atoms with Gasteiger partial charge in [-0.05, 0) is 17.9 Å². The predicted molar refractivity (Wildman–Crippen MR) is 102 cm³/mol. The van der Waals surface area contributed by atoms with Crippen molar-refractivity contribution in [3.8, 4) is 0 Å². The van der Waals surface area contributed by atoms with Crippen molar-refractivity contribution in [1.29, 1.82) is 0 Å². The van der Waals surface area contributed by atoms with E-state index in [2.05, 4.69) is 22.4 Å². The number of thioether (sulfide) groups is 1. The molecule has 8 heteroatoms. The van der Waals surface area contributed by atoms with E-state index in [9.17, 15) is 4.79 Å². The van der Waals surface area contributed by atoms with Crippen LogP contribution in [-0.2, 0) is 6.54 Å². The number of nitrogens with one attached hydrogen (secondary N) is 1. The monoisotopic (exact) mass is 397 g/mol. The number of aromatic nitrogens is 2. The summed E-state index contributed by atoms with van der Waals surface area (Å²) in [6, 6.07) is 11.6. The molecular weight excluding hydrogens is 385 g/mol. The lowest BCUT2D eigenvalue weighted by Crippen LogP contribution is -2.11. The van der Waals surface area contributed by atoms with Gasteiger partial charge in [-0.2, -0.15) is 0 Å². The largest absolute Gasteiger partial charge is 0.319 e. The summed E-state index contributed by atoms with van der Waals surface area (Å²) in [4.78, 5) is 16.8. The summed E-state index contributed by atoms with van der Waals surface area (Å²) in [5.41, 5.74) is 1.52. The van der Waals surface area contributed by atoms with Crippen LogP contribution in [-0.4, -0.2) is 21.7 Å². The van der Waals surface area contributed by atoms with E-state index >= 15 is 0 Å². The van der Waals surface area contributed by atoms with Crippen LogP contribution in [0.4, 0.5) is 5.82 Å². The molecule has 0 aliphatic heterocycles. The summed E-state index contributed by atoms with van der Waals surface area (Å²) in [6.07, 6.45) is 3.77. The molecular formula is C16H13Cl2N3OS2. The minimum atomic E-state index is -0.319. The van der Waals surface area contributed by atoms with E-state index in [0.717, 1.165) is 22.1 Å². The zero-order chi connectivity index (χ0) is 17.1. The van der Waals surface area contributed by atoms with Crippen molar-refractivity contribution in [2.75, 3.05) is 11.6 Å². The molecule has 0 fully saturated rings. The fourth-order valence-electron chi connectivity index (χ4n) is 2.19. The van der Waals surface area contributed by atoms with Gasteiger partial charge < -0.3 is 9.88 Å². The molecule has 1 aromatic carbocycles. The molecule has 0 bridgehead atoms. The van der Waals surface area contributed by atoms with Crippen LogP contribution >= 0.6 is 46.3 Å². The van der Waals surface area contributed by atoms with Gasteiger partial charge in [0.2, 0.25) is 0 Å². The number of amides is 1. The van der Waals surface area contributed by atoms with E-state index in [4.69, 9.17) is 23.2 Å². The molecule has 2 heterocycles. The van der Waals surface area contributed by atoms with Crippen LogP contribution in [0.1, 0.15) is 15.9 Å². The third kappa shape index (κ3) is 3.95. The van der Waals surface area contributed by atoms with Crippen LogP contribution in [0.3, 0.4) is 0 Å². The second-order valence-corrected chi connectivity index (χ2v) is 7.98. The number of benzene rings is 1. The fourth-order valence-corrected chi connectivity index (χ4v) is 4.19. The van der Waals surface area contributed by atoms with E-state index in [-0.39, 0.29) is 5.91 Å². The second-order valence-electron chi connectivity index (χ2n) is 4.92. The van der Waals surface area contributed by atoms with Crippen molar-refractivity contribution in [3.05, 3.63) is 62.4 Å². The first-order valence-corrected chi connectivity index (χ1v) is 9.78. The summed E-state index contributed by atoms with van der Waals surface area (Å²) in [7, 11) is 0. The normalized spacial score (nSPS) is 10.8.